The zero-order valence-electron chi connectivity index (χ0n) is 21.8. The summed E-state index contributed by atoms with van der Waals surface area (Å²) in [6.07, 6.45) is 0.803. The van der Waals surface area contributed by atoms with Crippen LogP contribution in [-0.2, 0) is 22.7 Å². The van der Waals surface area contributed by atoms with Gasteiger partial charge < -0.3 is 15.0 Å². The summed E-state index contributed by atoms with van der Waals surface area (Å²) < 4.78 is 20.5. The number of hydrogen-bond acceptors (Lipinski definition) is 5. The Morgan fingerprint density at radius 3 is 2.42 bits per heavy atom. The van der Waals surface area contributed by atoms with Crippen molar-refractivity contribution in [2.45, 2.75) is 39.4 Å². The number of rotatable bonds is 11. The number of ether oxygens (including phenoxy) is 1. The van der Waals surface area contributed by atoms with E-state index in [1.807, 2.05) is 24.3 Å². The van der Waals surface area contributed by atoms with Gasteiger partial charge in [0.05, 0.1) is 12.6 Å². The van der Waals surface area contributed by atoms with Gasteiger partial charge in [-0.15, -0.1) is 5.10 Å². The molecule has 0 radical (unpaired) electrons. The lowest BCUT2D eigenvalue weighted by Gasteiger charge is -2.32. The Bertz CT molecular complexity index is 1370. The minimum absolute atomic E-state index is 0.0973. The van der Waals surface area contributed by atoms with Crippen LogP contribution in [0.25, 0.3) is 11.0 Å². The third-order valence-corrected chi connectivity index (χ3v) is 6.30. The van der Waals surface area contributed by atoms with E-state index in [4.69, 9.17) is 4.74 Å². The van der Waals surface area contributed by atoms with Gasteiger partial charge in [0.15, 0.2) is 0 Å². The standard InChI is InChI=1S/C29H32FN5O3/c1-20(2)16-17-31-29(37)28(22-10-14-24(38-3)15-11-22)34(18-21-8-12-23(30)13-9-21)27(36)19-35-26-7-5-4-6-25(26)32-33-35/h4-15,20,28H,16-19H2,1-3H3,(H,31,37)/t28-/m0/s1. The molecule has 0 saturated heterocycles. The zero-order chi connectivity index (χ0) is 27.1. The van der Waals surface area contributed by atoms with E-state index in [1.165, 1.54) is 21.7 Å². The summed E-state index contributed by atoms with van der Waals surface area (Å²) >= 11 is 0. The van der Waals surface area contributed by atoms with E-state index >= 15 is 0 Å². The molecule has 4 aromatic rings. The fourth-order valence-electron chi connectivity index (χ4n) is 4.20. The molecule has 198 valence electrons. The first-order valence-corrected chi connectivity index (χ1v) is 12.6. The zero-order valence-corrected chi connectivity index (χ0v) is 21.8. The topological polar surface area (TPSA) is 89.4 Å². The highest BCUT2D eigenvalue weighted by Crippen LogP contribution is 2.27. The van der Waals surface area contributed by atoms with Gasteiger partial charge in [-0.3, -0.25) is 9.59 Å². The Morgan fingerprint density at radius 2 is 1.74 bits per heavy atom. The lowest BCUT2D eigenvalue weighted by atomic mass is 10.0. The average Bonchev–Trinajstić information content (AvgIpc) is 3.32. The van der Waals surface area contributed by atoms with Crippen molar-refractivity contribution in [1.82, 2.24) is 25.2 Å². The molecule has 1 heterocycles. The van der Waals surface area contributed by atoms with Crippen LogP contribution in [0.2, 0.25) is 0 Å². The molecule has 1 N–H and O–H groups in total. The van der Waals surface area contributed by atoms with E-state index in [9.17, 15) is 14.0 Å². The molecule has 8 nitrogen and oxygen atoms in total. The van der Waals surface area contributed by atoms with Crippen molar-refractivity contribution in [3.63, 3.8) is 0 Å². The number of para-hydroxylation sites is 1. The van der Waals surface area contributed by atoms with Crippen molar-refractivity contribution in [1.29, 1.82) is 0 Å². The molecule has 0 aliphatic rings. The second-order valence-electron chi connectivity index (χ2n) is 9.53. The number of benzene rings is 3. The molecule has 38 heavy (non-hydrogen) atoms. The third kappa shape index (κ3) is 6.53. The smallest absolute Gasteiger partial charge is 0.247 e. The highest BCUT2D eigenvalue weighted by Gasteiger charge is 2.32. The molecule has 4 rings (SSSR count). The quantitative estimate of drug-likeness (QED) is 0.316. The van der Waals surface area contributed by atoms with E-state index in [0.29, 0.717) is 40.4 Å². The number of hydrogen-bond donors (Lipinski definition) is 1. The second kappa shape index (κ2) is 12.3. The minimum Gasteiger partial charge on any atom is -0.497 e. The number of nitrogens with zero attached hydrogens (tertiary/aromatic N) is 4. The van der Waals surface area contributed by atoms with Crippen LogP contribution in [0.4, 0.5) is 4.39 Å². The van der Waals surface area contributed by atoms with Crippen molar-refractivity contribution in [2.75, 3.05) is 13.7 Å². The lowest BCUT2D eigenvalue weighted by Crippen LogP contribution is -2.45. The van der Waals surface area contributed by atoms with Crippen molar-refractivity contribution < 1.29 is 18.7 Å². The first kappa shape index (κ1) is 26.8. The number of carbonyl (C=O) groups is 2. The van der Waals surface area contributed by atoms with Gasteiger partial charge in [-0.05, 0) is 59.9 Å². The molecule has 2 amide bonds. The second-order valence-corrected chi connectivity index (χ2v) is 9.53. The van der Waals surface area contributed by atoms with Gasteiger partial charge in [0.2, 0.25) is 11.8 Å². The molecule has 3 aromatic carbocycles. The van der Waals surface area contributed by atoms with E-state index in [0.717, 1.165) is 6.42 Å². The number of fused-ring (bicyclic) bond motifs is 1. The molecule has 0 aliphatic carbocycles. The summed E-state index contributed by atoms with van der Waals surface area (Å²) in [6, 6.07) is 19.4. The predicted molar refractivity (Wildman–Crippen MR) is 143 cm³/mol. The minimum atomic E-state index is -0.930. The van der Waals surface area contributed by atoms with Crippen molar-refractivity contribution in [3.05, 3.63) is 89.7 Å². The number of nitrogens with one attached hydrogen (secondary N) is 1. The van der Waals surface area contributed by atoms with Gasteiger partial charge in [-0.2, -0.15) is 0 Å². The Morgan fingerprint density at radius 1 is 1.03 bits per heavy atom. The molecular weight excluding hydrogens is 485 g/mol. The van der Waals surface area contributed by atoms with E-state index in [2.05, 4.69) is 29.5 Å². The first-order chi connectivity index (χ1) is 18.4. The van der Waals surface area contributed by atoms with E-state index in [-0.39, 0.29) is 30.7 Å². The van der Waals surface area contributed by atoms with Crippen LogP contribution < -0.4 is 10.1 Å². The summed E-state index contributed by atoms with van der Waals surface area (Å²) in [7, 11) is 1.57. The lowest BCUT2D eigenvalue weighted by molar-refractivity contribution is -0.142. The molecule has 0 spiro atoms. The van der Waals surface area contributed by atoms with Gasteiger partial charge in [0.1, 0.15) is 29.7 Å². The Kier molecular flexibility index (Phi) is 8.68. The van der Waals surface area contributed by atoms with Crippen LogP contribution in [-0.4, -0.2) is 45.4 Å². The molecule has 0 saturated carbocycles. The molecule has 0 aliphatic heterocycles. The summed E-state index contributed by atoms with van der Waals surface area (Å²) in [4.78, 5) is 29.1. The van der Waals surface area contributed by atoms with Crippen LogP contribution in [0.5, 0.6) is 5.75 Å². The van der Waals surface area contributed by atoms with Gasteiger partial charge in [-0.1, -0.05) is 55.5 Å². The maximum absolute atomic E-state index is 13.9. The molecule has 0 fully saturated rings. The van der Waals surface area contributed by atoms with Crippen molar-refractivity contribution in [3.8, 4) is 5.75 Å². The molecule has 1 aromatic heterocycles. The van der Waals surface area contributed by atoms with Crippen LogP contribution in [0, 0.1) is 11.7 Å². The number of aromatic nitrogens is 3. The normalized spacial score (nSPS) is 11.9. The molecule has 9 heteroatoms. The van der Waals surface area contributed by atoms with Crippen LogP contribution in [0.3, 0.4) is 0 Å². The number of methoxy groups -OCH3 is 1. The molecule has 1 atom stereocenters. The van der Waals surface area contributed by atoms with Crippen molar-refractivity contribution >= 4 is 22.8 Å². The summed E-state index contributed by atoms with van der Waals surface area (Å²) in [5.41, 5.74) is 2.71. The Balaban J connectivity index is 1.71. The highest BCUT2D eigenvalue weighted by molar-refractivity contribution is 5.89. The Labute approximate surface area is 221 Å². The van der Waals surface area contributed by atoms with Crippen molar-refractivity contribution in [2.24, 2.45) is 5.92 Å². The van der Waals surface area contributed by atoms with Crippen LogP contribution in [0.1, 0.15) is 37.4 Å². The predicted octanol–water partition coefficient (Wildman–Crippen LogP) is 4.51. The van der Waals surface area contributed by atoms with E-state index in [1.54, 1.807) is 43.5 Å². The van der Waals surface area contributed by atoms with Gasteiger partial charge in [-0.25, -0.2) is 9.07 Å². The van der Waals surface area contributed by atoms with Gasteiger partial charge in [0.25, 0.3) is 0 Å². The number of carbonyl (C=O) groups excluding carboxylic acids is 2. The van der Waals surface area contributed by atoms with E-state index < -0.39 is 6.04 Å². The van der Waals surface area contributed by atoms with Gasteiger partial charge in [0, 0.05) is 13.1 Å². The fraction of sp³-hybridized carbons (Fsp3) is 0.310. The number of halogens is 1. The molecule has 0 unspecified atom stereocenters. The first-order valence-electron chi connectivity index (χ1n) is 12.6. The van der Waals surface area contributed by atoms with Crippen LogP contribution >= 0.6 is 0 Å². The molecular formula is C29H32FN5O3. The van der Waals surface area contributed by atoms with Gasteiger partial charge >= 0.3 is 0 Å². The summed E-state index contributed by atoms with van der Waals surface area (Å²) in [5, 5.41) is 11.3. The SMILES string of the molecule is COc1ccc([C@@H](C(=O)NCCC(C)C)N(Cc2ccc(F)cc2)C(=O)Cn2nnc3ccccc32)cc1. The molecule has 0 bridgehead atoms. The van der Waals surface area contributed by atoms with Crippen LogP contribution in [0.15, 0.2) is 72.8 Å². The monoisotopic (exact) mass is 517 g/mol. The summed E-state index contributed by atoms with van der Waals surface area (Å²) in [6.45, 7) is 4.63. The maximum Gasteiger partial charge on any atom is 0.247 e. The fourth-order valence-corrected chi connectivity index (χ4v) is 4.20. The number of amides is 2. The average molecular weight is 518 g/mol. The summed E-state index contributed by atoms with van der Waals surface area (Å²) in [5.74, 6) is 0.0453. The Hall–Kier alpha value is -4.27. The highest BCUT2D eigenvalue weighted by atomic mass is 19.1. The third-order valence-electron chi connectivity index (χ3n) is 6.30. The maximum atomic E-state index is 13.9. The largest absolute Gasteiger partial charge is 0.497 e.